The Bertz CT molecular complexity index is 568. The third-order valence-electron chi connectivity index (χ3n) is 3.97. The zero-order chi connectivity index (χ0) is 13.2. The van der Waals surface area contributed by atoms with Gasteiger partial charge in [0, 0.05) is 24.4 Å². The molecule has 1 aliphatic rings. The monoisotopic (exact) mass is 254 g/mol. The number of benzene rings is 1. The maximum absolute atomic E-state index is 9.59. The molecule has 98 valence electrons. The second-order valence-electron chi connectivity index (χ2n) is 5.26. The van der Waals surface area contributed by atoms with Gasteiger partial charge in [0.05, 0.1) is 0 Å². The first-order valence-corrected chi connectivity index (χ1v) is 6.70. The van der Waals surface area contributed by atoms with E-state index >= 15 is 0 Å². The van der Waals surface area contributed by atoms with Gasteiger partial charge in [0.1, 0.15) is 5.75 Å². The Labute approximate surface area is 113 Å². The lowest BCUT2D eigenvalue weighted by atomic mass is 9.77. The van der Waals surface area contributed by atoms with Crippen LogP contribution in [-0.4, -0.2) is 16.1 Å². The molecule has 1 aromatic heterocycles. The average Bonchev–Trinajstić information content (AvgIpc) is 2.43. The number of aryl methyl sites for hydroxylation is 1. The van der Waals surface area contributed by atoms with E-state index in [0.29, 0.717) is 11.7 Å². The molecule has 19 heavy (non-hydrogen) atoms. The van der Waals surface area contributed by atoms with Gasteiger partial charge in [-0.15, -0.1) is 0 Å². The van der Waals surface area contributed by atoms with Crippen molar-refractivity contribution in [3.05, 3.63) is 59.4 Å². The van der Waals surface area contributed by atoms with Gasteiger partial charge >= 0.3 is 0 Å². The molecule has 0 saturated heterocycles. The maximum atomic E-state index is 9.59. The second kappa shape index (κ2) is 5.02. The molecule has 3 rings (SSSR count). The third-order valence-corrected chi connectivity index (χ3v) is 3.97. The number of phenols is 1. The predicted molar refractivity (Wildman–Crippen MR) is 75.1 cm³/mol. The predicted octanol–water partition coefficient (Wildman–Crippen LogP) is 2.39. The van der Waals surface area contributed by atoms with Crippen LogP contribution in [0, 0.1) is 0 Å². The molecule has 0 fully saturated rings. The Morgan fingerprint density at radius 2 is 2.21 bits per heavy atom. The summed E-state index contributed by atoms with van der Waals surface area (Å²) < 4.78 is 0. The summed E-state index contributed by atoms with van der Waals surface area (Å²) in [4.78, 5) is 4.16. The molecule has 0 bridgehead atoms. The van der Waals surface area contributed by atoms with E-state index in [1.54, 1.807) is 12.3 Å². The summed E-state index contributed by atoms with van der Waals surface area (Å²) >= 11 is 0. The average molecular weight is 254 g/mol. The maximum Gasteiger partial charge on any atom is 0.115 e. The number of rotatable bonds is 2. The highest BCUT2D eigenvalue weighted by molar-refractivity contribution is 5.40. The largest absolute Gasteiger partial charge is 0.508 e. The molecular weight excluding hydrogens is 236 g/mol. The highest BCUT2D eigenvalue weighted by atomic mass is 16.3. The number of hydrogen-bond acceptors (Lipinski definition) is 3. The first-order valence-electron chi connectivity index (χ1n) is 6.70. The molecule has 2 aromatic rings. The molecule has 3 heteroatoms. The van der Waals surface area contributed by atoms with Crippen LogP contribution in [0.15, 0.2) is 42.7 Å². The van der Waals surface area contributed by atoms with Crippen molar-refractivity contribution in [2.75, 3.05) is 0 Å². The SMILES string of the molecule is N[C@@H]1CCc2cc(O)ccc2[C@@H]1Cc1cccnc1. The number of pyridine rings is 1. The van der Waals surface area contributed by atoms with Gasteiger partial charge in [0.15, 0.2) is 0 Å². The van der Waals surface area contributed by atoms with Crippen LogP contribution in [0.1, 0.15) is 29.0 Å². The van der Waals surface area contributed by atoms with Crippen LogP contribution in [0.3, 0.4) is 0 Å². The number of hydrogen-bond donors (Lipinski definition) is 2. The van der Waals surface area contributed by atoms with E-state index < -0.39 is 0 Å². The lowest BCUT2D eigenvalue weighted by Crippen LogP contribution is -2.34. The van der Waals surface area contributed by atoms with Crippen LogP contribution >= 0.6 is 0 Å². The number of aromatic nitrogens is 1. The molecule has 3 N–H and O–H groups in total. The molecule has 0 radical (unpaired) electrons. The van der Waals surface area contributed by atoms with Crippen LogP contribution in [0.5, 0.6) is 5.75 Å². The van der Waals surface area contributed by atoms with Gasteiger partial charge in [-0.05, 0) is 54.2 Å². The molecule has 0 spiro atoms. The highest BCUT2D eigenvalue weighted by Gasteiger charge is 2.27. The zero-order valence-corrected chi connectivity index (χ0v) is 10.8. The molecule has 3 nitrogen and oxygen atoms in total. The normalized spacial score (nSPS) is 21.9. The van der Waals surface area contributed by atoms with Crippen molar-refractivity contribution >= 4 is 0 Å². The van der Waals surface area contributed by atoms with Crippen molar-refractivity contribution in [1.29, 1.82) is 0 Å². The molecule has 0 saturated carbocycles. The number of nitrogens with two attached hydrogens (primary N) is 1. The van der Waals surface area contributed by atoms with Gasteiger partial charge < -0.3 is 10.8 Å². The van der Waals surface area contributed by atoms with Crippen molar-refractivity contribution in [3.8, 4) is 5.75 Å². The van der Waals surface area contributed by atoms with Crippen LogP contribution in [0.4, 0.5) is 0 Å². The van der Waals surface area contributed by atoms with Gasteiger partial charge in [-0.2, -0.15) is 0 Å². The quantitative estimate of drug-likeness (QED) is 0.865. The van der Waals surface area contributed by atoms with Crippen molar-refractivity contribution in [3.63, 3.8) is 0 Å². The highest BCUT2D eigenvalue weighted by Crippen LogP contribution is 2.35. The van der Waals surface area contributed by atoms with E-state index in [-0.39, 0.29) is 6.04 Å². The van der Waals surface area contributed by atoms with E-state index in [4.69, 9.17) is 5.73 Å². The minimum absolute atomic E-state index is 0.178. The van der Waals surface area contributed by atoms with Crippen LogP contribution in [0.2, 0.25) is 0 Å². The molecule has 2 atom stereocenters. The standard InChI is InChI=1S/C16H18N2O/c17-16-6-3-12-9-13(19)4-5-14(12)15(16)8-11-2-1-7-18-10-11/h1-2,4-5,7,9-10,15-16,19H,3,6,8,17H2/t15-,16+/m0/s1. The minimum atomic E-state index is 0.178. The summed E-state index contributed by atoms with van der Waals surface area (Å²) in [5, 5.41) is 9.59. The van der Waals surface area contributed by atoms with Gasteiger partial charge in [-0.25, -0.2) is 0 Å². The summed E-state index contributed by atoms with van der Waals surface area (Å²) in [5.74, 6) is 0.655. The molecule has 1 heterocycles. The molecule has 0 amide bonds. The van der Waals surface area contributed by atoms with Gasteiger partial charge in [0.2, 0.25) is 0 Å². The van der Waals surface area contributed by atoms with E-state index in [1.165, 1.54) is 16.7 Å². The van der Waals surface area contributed by atoms with Crippen molar-refractivity contribution < 1.29 is 5.11 Å². The summed E-state index contributed by atoms with van der Waals surface area (Å²) in [6.45, 7) is 0. The van der Waals surface area contributed by atoms with E-state index in [0.717, 1.165) is 19.3 Å². The lowest BCUT2D eigenvalue weighted by Gasteiger charge is -2.31. The second-order valence-corrected chi connectivity index (χ2v) is 5.26. The van der Waals surface area contributed by atoms with Crippen molar-refractivity contribution in [1.82, 2.24) is 4.98 Å². The zero-order valence-electron chi connectivity index (χ0n) is 10.8. The van der Waals surface area contributed by atoms with E-state index in [2.05, 4.69) is 11.1 Å². The number of aromatic hydroxyl groups is 1. The first-order chi connectivity index (χ1) is 9.24. The molecule has 0 aliphatic heterocycles. The minimum Gasteiger partial charge on any atom is -0.508 e. The molecular formula is C16H18N2O. The molecule has 1 aliphatic carbocycles. The summed E-state index contributed by atoms with van der Waals surface area (Å²) in [6, 6.07) is 9.88. The summed E-state index contributed by atoms with van der Waals surface area (Å²) in [5.41, 5.74) is 10.0. The topological polar surface area (TPSA) is 59.1 Å². The fourth-order valence-electron chi connectivity index (χ4n) is 2.96. The van der Waals surface area contributed by atoms with Crippen LogP contribution in [0.25, 0.3) is 0 Å². The van der Waals surface area contributed by atoms with Crippen LogP contribution in [-0.2, 0) is 12.8 Å². The Hall–Kier alpha value is -1.87. The van der Waals surface area contributed by atoms with Crippen LogP contribution < -0.4 is 5.73 Å². The number of nitrogens with zero attached hydrogens (tertiary/aromatic N) is 1. The van der Waals surface area contributed by atoms with Gasteiger partial charge in [-0.3, -0.25) is 4.98 Å². The summed E-state index contributed by atoms with van der Waals surface area (Å²) in [7, 11) is 0. The number of fused-ring (bicyclic) bond motifs is 1. The molecule has 1 aromatic carbocycles. The number of phenolic OH excluding ortho intramolecular Hbond substituents is 1. The fraction of sp³-hybridized carbons (Fsp3) is 0.312. The Kier molecular flexibility index (Phi) is 3.22. The Morgan fingerprint density at radius 1 is 1.32 bits per heavy atom. The Balaban J connectivity index is 1.93. The van der Waals surface area contributed by atoms with Gasteiger partial charge in [0.25, 0.3) is 0 Å². The van der Waals surface area contributed by atoms with Crippen molar-refractivity contribution in [2.45, 2.75) is 31.2 Å². The van der Waals surface area contributed by atoms with Gasteiger partial charge in [-0.1, -0.05) is 12.1 Å². The Morgan fingerprint density at radius 3 is 3.00 bits per heavy atom. The molecule has 0 unspecified atom stereocenters. The fourth-order valence-corrected chi connectivity index (χ4v) is 2.96. The van der Waals surface area contributed by atoms with E-state index in [9.17, 15) is 5.11 Å². The smallest absolute Gasteiger partial charge is 0.115 e. The summed E-state index contributed by atoms with van der Waals surface area (Å²) in [6.07, 6.45) is 6.53. The first kappa shape index (κ1) is 12.2. The van der Waals surface area contributed by atoms with E-state index in [1.807, 2.05) is 24.4 Å². The van der Waals surface area contributed by atoms with Crippen molar-refractivity contribution in [2.24, 2.45) is 5.73 Å². The lowest BCUT2D eigenvalue weighted by molar-refractivity contribution is 0.454. The third kappa shape index (κ3) is 2.47.